The van der Waals surface area contributed by atoms with Gasteiger partial charge in [0.05, 0.1) is 5.56 Å². The van der Waals surface area contributed by atoms with E-state index in [2.05, 4.69) is 5.32 Å². The summed E-state index contributed by atoms with van der Waals surface area (Å²) >= 11 is 0.823. The highest BCUT2D eigenvalue weighted by Gasteiger charge is 2.36. The molecule has 9 heteroatoms. The van der Waals surface area contributed by atoms with Crippen molar-refractivity contribution < 1.29 is 32.6 Å². The zero-order valence-corrected chi connectivity index (χ0v) is 17.4. The molecule has 166 valence electrons. The number of alkyl carbamates (subject to hydrolysis) is 1. The fourth-order valence-corrected chi connectivity index (χ4v) is 4.81. The van der Waals surface area contributed by atoms with Gasteiger partial charge in [-0.05, 0) is 33.2 Å². The molecule has 0 bridgehead atoms. The first-order valence-electron chi connectivity index (χ1n) is 9.72. The number of rotatable bonds is 6. The predicted molar refractivity (Wildman–Crippen MR) is 113 cm³/mol. The fraction of sp³-hybridized carbons (Fsp3) is 0.217. The van der Waals surface area contributed by atoms with Crippen LogP contribution in [-0.2, 0) is 22.1 Å². The van der Waals surface area contributed by atoms with Gasteiger partial charge in [-0.15, -0.1) is 0 Å². The lowest BCUT2D eigenvalue weighted by atomic mass is 9.98. The van der Waals surface area contributed by atoms with Crippen molar-refractivity contribution in [3.05, 3.63) is 81.5 Å². The van der Waals surface area contributed by atoms with Crippen molar-refractivity contribution >= 4 is 23.4 Å². The van der Waals surface area contributed by atoms with Gasteiger partial charge in [-0.2, -0.15) is 24.5 Å². The molecule has 1 aliphatic rings. The molecule has 0 saturated heterocycles. The van der Waals surface area contributed by atoms with E-state index in [1.807, 2.05) is 48.5 Å². The van der Waals surface area contributed by atoms with Crippen LogP contribution in [0.4, 0.5) is 18.0 Å². The van der Waals surface area contributed by atoms with E-state index in [0.29, 0.717) is 0 Å². The van der Waals surface area contributed by atoms with Crippen LogP contribution >= 0.6 is 11.3 Å². The molecular weight excluding hydrogens is 443 g/mol. The number of hydrogen-bond acceptors (Lipinski definition) is 4. The molecule has 1 aromatic heterocycles. The average molecular weight is 461 g/mol. The molecule has 0 saturated carbocycles. The van der Waals surface area contributed by atoms with Gasteiger partial charge < -0.3 is 15.2 Å². The maximum atomic E-state index is 13.1. The quantitative estimate of drug-likeness (QED) is 0.522. The number of fused-ring (bicyclic) bond motifs is 3. The molecule has 0 radical (unpaired) electrons. The highest BCUT2D eigenvalue weighted by atomic mass is 32.1. The lowest BCUT2D eigenvalue weighted by molar-refractivity contribution is -0.141. The molecule has 0 spiro atoms. The Morgan fingerprint density at radius 1 is 1.03 bits per heavy atom. The monoisotopic (exact) mass is 461 g/mol. The Balaban J connectivity index is 1.44. The van der Waals surface area contributed by atoms with Crippen molar-refractivity contribution in [1.29, 1.82) is 0 Å². The Bertz CT molecular complexity index is 1110. The van der Waals surface area contributed by atoms with Crippen LogP contribution in [0.3, 0.4) is 0 Å². The van der Waals surface area contributed by atoms with E-state index in [9.17, 15) is 27.9 Å². The fourth-order valence-electron chi connectivity index (χ4n) is 3.93. The molecular formula is C23H18F3NO4S. The van der Waals surface area contributed by atoms with Gasteiger partial charge in [0.15, 0.2) is 0 Å². The number of benzene rings is 2. The third kappa shape index (κ3) is 4.34. The summed E-state index contributed by atoms with van der Waals surface area (Å²) in [6.07, 6.45) is -6.09. The maximum absolute atomic E-state index is 13.1. The molecule has 2 aromatic carbocycles. The lowest BCUT2D eigenvalue weighted by Gasteiger charge is -2.18. The van der Waals surface area contributed by atoms with Crippen LogP contribution in [0.15, 0.2) is 59.3 Å². The Labute approximate surface area is 185 Å². The minimum atomic E-state index is -4.60. The third-order valence-corrected chi connectivity index (χ3v) is 6.20. The van der Waals surface area contributed by atoms with Gasteiger partial charge in [-0.25, -0.2) is 9.59 Å². The largest absolute Gasteiger partial charge is 0.480 e. The van der Waals surface area contributed by atoms with Crippen LogP contribution in [0.1, 0.15) is 28.2 Å². The third-order valence-electron chi connectivity index (χ3n) is 5.41. The molecule has 32 heavy (non-hydrogen) atoms. The smallest absolute Gasteiger partial charge is 0.417 e. The number of hydrogen-bond donors (Lipinski definition) is 2. The summed E-state index contributed by atoms with van der Waals surface area (Å²) in [5, 5.41) is 13.7. The molecule has 1 atom stereocenters. The van der Waals surface area contributed by atoms with Crippen molar-refractivity contribution in [2.24, 2.45) is 0 Å². The van der Waals surface area contributed by atoms with Crippen molar-refractivity contribution in [3.63, 3.8) is 0 Å². The Morgan fingerprint density at radius 2 is 1.62 bits per heavy atom. The molecule has 3 aromatic rings. The first-order chi connectivity index (χ1) is 15.3. The van der Waals surface area contributed by atoms with Crippen molar-refractivity contribution in [2.45, 2.75) is 24.6 Å². The Morgan fingerprint density at radius 3 is 2.19 bits per heavy atom. The summed E-state index contributed by atoms with van der Waals surface area (Å²) in [6.45, 7) is -0.0293. The van der Waals surface area contributed by atoms with Crippen molar-refractivity contribution in [1.82, 2.24) is 5.32 Å². The van der Waals surface area contributed by atoms with Crippen molar-refractivity contribution in [2.75, 3.05) is 6.61 Å². The minimum Gasteiger partial charge on any atom is -0.480 e. The Kier molecular flexibility index (Phi) is 5.92. The molecule has 4 rings (SSSR count). The van der Waals surface area contributed by atoms with E-state index in [4.69, 9.17) is 4.74 Å². The van der Waals surface area contributed by atoms with E-state index < -0.39 is 36.3 Å². The molecule has 0 fully saturated rings. The van der Waals surface area contributed by atoms with E-state index in [0.717, 1.165) is 39.0 Å². The number of ether oxygens (including phenoxy) is 1. The molecule has 1 aliphatic carbocycles. The van der Waals surface area contributed by atoms with Crippen LogP contribution in [0.25, 0.3) is 11.1 Å². The van der Waals surface area contributed by atoms with Crippen LogP contribution in [0.2, 0.25) is 0 Å². The van der Waals surface area contributed by atoms with Gasteiger partial charge in [0.2, 0.25) is 0 Å². The first kappa shape index (κ1) is 21.9. The zero-order chi connectivity index (χ0) is 22.9. The van der Waals surface area contributed by atoms with Crippen LogP contribution in [0.5, 0.6) is 0 Å². The second-order valence-corrected chi connectivity index (χ2v) is 8.12. The number of carbonyl (C=O) groups excluding carboxylic acids is 1. The maximum Gasteiger partial charge on any atom is 0.417 e. The molecule has 0 aliphatic heterocycles. The SMILES string of the molecule is O=C(NC(Cc1cscc1C(F)(F)F)C(=O)O)OCC1c2ccccc2-c2ccccc21. The highest BCUT2D eigenvalue weighted by molar-refractivity contribution is 7.08. The zero-order valence-electron chi connectivity index (χ0n) is 16.6. The molecule has 5 nitrogen and oxygen atoms in total. The van der Waals surface area contributed by atoms with Crippen LogP contribution in [0, 0.1) is 0 Å². The number of alkyl halides is 3. The van der Waals surface area contributed by atoms with Gasteiger partial charge in [0.25, 0.3) is 0 Å². The number of carboxylic acids is 1. The summed E-state index contributed by atoms with van der Waals surface area (Å²) < 4.78 is 44.5. The van der Waals surface area contributed by atoms with Gasteiger partial charge in [0, 0.05) is 17.7 Å². The van der Waals surface area contributed by atoms with E-state index in [-0.39, 0.29) is 18.1 Å². The number of carbonyl (C=O) groups is 2. The van der Waals surface area contributed by atoms with E-state index >= 15 is 0 Å². The summed E-state index contributed by atoms with van der Waals surface area (Å²) in [5.41, 5.74) is 2.97. The topological polar surface area (TPSA) is 75.6 Å². The highest BCUT2D eigenvalue weighted by Crippen LogP contribution is 2.44. The predicted octanol–water partition coefficient (Wildman–Crippen LogP) is 5.30. The summed E-state index contributed by atoms with van der Waals surface area (Å²) in [7, 11) is 0. The molecule has 1 unspecified atom stereocenters. The minimum absolute atomic E-state index is 0.0293. The van der Waals surface area contributed by atoms with Gasteiger partial charge in [-0.1, -0.05) is 48.5 Å². The summed E-state index contributed by atoms with van der Waals surface area (Å²) in [4.78, 5) is 23.9. The van der Waals surface area contributed by atoms with Gasteiger partial charge >= 0.3 is 18.2 Å². The normalized spacial score (nSPS) is 13.8. The second kappa shape index (κ2) is 8.66. The summed E-state index contributed by atoms with van der Waals surface area (Å²) in [6, 6.07) is 13.9. The molecule has 2 N–H and O–H groups in total. The van der Waals surface area contributed by atoms with Gasteiger partial charge in [-0.3, -0.25) is 0 Å². The number of aliphatic carboxylic acids is 1. The molecule has 1 amide bonds. The molecule has 1 heterocycles. The second-order valence-electron chi connectivity index (χ2n) is 7.37. The number of halogens is 3. The van der Waals surface area contributed by atoms with Crippen molar-refractivity contribution in [3.8, 4) is 11.1 Å². The lowest BCUT2D eigenvalue weighted by Crippen LogP contribution is -2.43. The van der Waals surface area contributed by atoms with E-state index in [1.54, 1.807) is 0 Å². The van der Waals surface area contributed by atoms with Crippen LogP contribution in [-0.4, -0.2) is 29.8 Å². The van der Waals surface area contributed by atoms with E-state index in [1.165, 1.54) is 5.38 Å². The van der Waals surface area contributed by atoms with Crippen LogP contribution < -0.4 is 5.32 Å². The summed E-state index contributed by atoms with van der Waals surface area (Å²) in [5.74, 6) is -1.66. The first-order valence-corrected chi connectivity index (χ1v) is 10.7. The Hall–Kier alpha value is -3.33. The number of amides is 1. The number of carboxylic acid groups (broad SMARTS) is 1. The number of nitrogens with one attached hydrogen (secondary N) is 1. The average Bonchev–Trinajstić information content (AvgIpc) is 3.34. The standard InChI is InChI=1S/C23H18F3NO4S/c24-23(25,26)19-12-32-11-13(19)9-20(21(28)29)27-22(30)31-10-18-16-7-3-1-5-14(16)15-6-2-4-8-17(15)18/h1-8,11-12,18,20H,9-10H2,(H,27,30)(H,28,29). The van der Waals surface area contributed by atoms with Gasteiger partial charge in [0.1, 0.15) is 12.6 Å². The number of thiophene rings is 1.